The summed E-state index contributed by atoms with van der Waals surface area (Å²) < 4.78 is 0. The number of hydrogen-bond acceptors (Lipinski definition) is 7. The quantitative estimate of drug-likeness (QED) is 0.248. The van der Waals surface area contributed by atoms with Crippen molar-refractivity contribution in [3.05, 3.63) is 47.1 Å². The number of phenolic OH excluding ortho intramolecular Hbond substituents is 2. The van der Waals surface area contributed by atoms with E-state index in [9.17, 15) is 49.8 Å². The monoisotopic (exact) mass is 408 g/mol. The van der Waals surface area contributed by atoms with Gasteiger partial charge in [-0.25, -0.2) is 9.59 Å². The van der Waals surface area contributed by atoms with Gasteiger partial charge in [-0.3, -0.25) is 9.59 Å². The van der Waals surface area contributed by atoms with Gasteiger partial charge in [0.05, 0.1) is 17.9 Å². The van der Waals surface area contributed by atoms with Gasteiger partial charge in [0, 0.05) is 12.0 Å². The van der Waals surface area contributed by atoms with Gasteiger partial charge in [0.1, 0.15) is 5.60 Å². The molecule has 2 rings (SSSR count). The summed E-state index contributed by atoms with van der Waals surface area (Å²) in [4.78, 5) is 46.1. The van der Waals surface area contributed by atoms with Crippen molar-refractivity contribution in [1.29, 1.82) is 0 Å². The molecule has 3 atom stereocenters. The van der Waals surface area contributed by atoms with Crippen molar-refractivity contribution in [2.75, 3.05) is 0 Å². The first-order chi connectivity index (χ1) is 13.4. The molecule has 11 heteroatoms. The zero-order chi connectivity index (χ0) is 22.1. The second-order valence-corrected chi connectivity index (χ2v) is 6.38. The van der Waals surface area contributed by atoms with E-state index in [0.29, 0.717) is 12.2 Å². The van der Waals surface area contributed by atoms with Crippen LogP contribution in [0.1, 0.15) is 17.9 Å². The van der Waals surface area contributed by atoms with Gasteiger partial charge in [0.25, 0.3) is 0 Å². The van der Waals surface area contributed by atoms with Crippen molar-refractivity contribution in [2.45, 2.75) is 17.9 Å². The topological polar surface area (TPSA) is 210 Å². The lowest BCUT2D eigenvalue weighted by Gasteiger charge is -2.43. The summed E-state index contributed by atoms with van der Waals surface area (Å²) in [5, 5.41) is 67.8. The summed E-state index contributed by atoms with van der Waals surface area (Å²) in [5.41, 5.74) is -4.31. The number of phenols is 2. The molecular weight excluding hydrogens is 392 g/mol. The van der Waals surface area contributed by atoms with E-state index in [2.05, 4.69) is 0 Å². The van der Waals surface area contributed by atoms with Gasteiger partial charge in [-0.2, -0.15) is 0 Å². The third-order valence-corrected chi connectivity index (χ3v) is 4.57. The average molecular weight is 408 g/mol. The first-order valence-electron chi connectivity index (χ1n) is 7.97. The molecule has 1 aliphatic rings. The van der Waals surface area contributed by atoms with E-state index in [-0.39, 0.29) is 5.56 Å². The number of aliphatic hydroxyl groups is 1. The second kappa shape index (κ2) is 7.64. The van der Waals surface area contributed by atoms with E-state index in [0.717, 1.165) is 18.2 Å². The Morgan fingerprint density at radius 2 is 1.62 bits per heavy atom. The predicted molar refractivity (Wildman–Crippen MR) is 92.3 cm³/mol. The fourth-order valence-corrected chi connectivity index (χ4v) is 3.43. The van der Waals surface area contributed by atoms with Gasteiger partial charge in [-0.05, 0) is 29.3 Å². The fraction of sp³-hybridized carbons (Fsp3) is 0.222. The third-order valence-electron chi connectivity index (χ3n) is 4.57. The summed E-state index contributed by atoms with van der Waals surface area (Å²) in [5.74, 6) is -11.9. The maximum Gasteiger partial charge on any atom is 0.332 e. The lowest BCUT2D eigenvalue weighted by atomic mass is 9.62. The maximum atomic E-state index is 11.9. The first kappa shape index (κ1) is 21.4. The van der Waals surface area contributed by atoms with Crippen LogP contribution in [0.3, 0.4) is 0 Å². The van der Waals surface area contributed by atoms with Crippen molar-refractivity contribution < 1.29 is 54.9 Å². The molecule has 0 amide bonds. The standard InChI is InChI=1S/C18H16O11/c19-10-2-1-7(3-11(10)20)15-14(17(27)28)9(16(25)26)4-8(5-12(21)22)18(15,29)6-13(23)24/h1-5,14-15,19-20,29H,6H2,(H,21,22)(H,23,24)(H,25,26)(H,27,28)/t14-,15+,18+/m1/s1. The van der Waals surface area contributed by atoms with Crippen molar-refractivity contribution >= 4 is 23.9 Å². The zero-order valence-electron chi connectivity index (χ0n) is 14.5. The first-order valence-corrected chi connectivity index (χ1v) is 7.97. The second-order valence-electron chi connectivity index (χ2n) is 6.38. The minimum absolute atomic E-state index is 0.223. The molecule has 0 radical (unpaired) electrons. The molecule has 1 aliphatic carbocycles. The molecule has 0 bridgehead atoms. The van der Waals surface area contributed by atoms with Crippen molar-refractivity contribution in [1.82, 2.24) is 0 Å². The molecule has 154 valence electrons. The summed E-state index contributed by atoms with van der Waals surface area (Å²) in [6.07, 6.45) is -0.155. The van der Waals surface area contributed by atoms with E-state index in [4.69, 9.17) is 5.11 Å². The molecule has 0 aromatic heterocycles. The highest BCUT2D eigenvalue weighted by atomic mass is 16.4. The minimum Gasteiger partial charge on any atom is -0.504 e. The molecule has 0 aliphatic heterocycles. The molecule has 29 heavy (non-hydrogen) atoms. The maximum absolute atomic E-state index is 11.9. The van der Waals surface area contributed by atoms with Crippen LogP contribution in [0, 0.1) is 5.92 Å². The van der Waals surface area contributed by atoms with E-state index in [1.807, 2.05) is 0 Å². The molecule has 0 fully saturated rings. The van der Waals surface area contributed by atoms with Crippen LogP contribution in [0.25, 0.3) is 0 Å². The van der Waals surface area contributed by atoms with Crippen LogP contribution < -0.4 is 0 Å². The van der Waals surface area contributed by atoms with E-state index in [1.54, 1.807) is 0 Å². The van der Waals surface area contributed by atoms with Crippen LogP contribution in [0.5, 0.6) is 11.5 Å². The summed E-state index contributed by atoms with van der Waals surface area (Å²) in [6.45, 7) is 0. The number of hydrogen-bond donors (Lipinski definition) is 7. The molecule has 0 saturated heterocycles. The van der Waals surface area contributed by atoms with Crippen LogP contribution in [-0.4, -0.2) is 65.2 Å². The Labute approximate surface area is 162 Å². The Morgan fingerprint density at radius 1 is 1.00 bits per heavy atom. The van der Waals surface area contributed by atoms with E-state index in [1.165, 1.54) is 0 Å². The Kier molecular flexibility index (Phi) is 5.65. The highest BCUT2D eigenvalue weighted by Gasteiger charge is 2.54. The van der Waals surface area contributed by atoms with Crippen LogP contribution in [0.4, 0.5) is 0 Å². The molecule has 1 aromatic rings. The van der Waals surface area contributed by atoms with Gasteiger partial charge in [0.2, 0.25) is 0 Å². The van der Waals surface area contributed by atoms with Crippen molar-refractivity contribution in [3.63, 3.8) is 0 Å². The van der Waals surface area contributed by atoms with E-state index >= 15 is 0 Å². The number of aromatic hydroxyl groups is 2. The fourth-order valence-electron chi connectivity index (χ4n) is 3.43. The smallest absolute Gasteiger partial charge is 0.332 e. The summed E-state index contributed by atoms with van der Waals surface area (Å²) in [6, 6.07) is 2.84. The molecule has 0 saturated carbocycles. The zero-order valence-corrected chi connectivity index (χ0v) is 14.5. The van der Waals surface area contributed by atoms with Gasteiger partial charge >= 0.3 is 23.9 Å². The lowest BCUT2D eigenvalue weighted by molar-refractivity contribution is -0.150. The SMILES string of the molecule is O=C(O)C=C1C=C(C(=O)O)[C@@H](C(=O)O)[C@H](c2ccc(O)c(O)c2)[C@]1(O)CC(=O)O. The Balaban J connectivity index is 2.93. The highest BCUT2D eigenvalue weighted by Crippen LogP contribution is 2.50. The Bertz CT molecular complexity index is 959. The average Bonchev–Trinajstić information content (AvgIpc) is 2.57. The molecule has 0 spiro atoms. The normalized spacial score (nSPS) is 25.3. The summed E-state index contributed by atoms with van der Waals surface area (Å²) in [7, 11) is 0. The Hall–Kier alpha value is -3.86. The third kappa shape index (κ3) is 4.04. The molecule has 1 aromatic carbocycles. The summed E-state index contributed by atoms with van der Waals surface area (Å²) >= 11 is 0. The number of benzene rings is 1. The van der Waals surface area contributed by atoms with Crippen LogP contribution in [0.15, 0.2) is 41.5 Å². The lowest BCUT2D eigenvalue weighted by Crippen LogP contribution is -2.49. The van der Waals surface area contributed by atoms with Gasteiger partial charge in [-0.1, -0.05) is 6.07 Å². The Morgan fingerprint density at radius 3 is 2.07 bits per heavy atom. The molecule has 0 heterocycles. The molecule has 0 unspecified atom stereocenters. The number of carbonyl (C=O) groups is 4. The minimum atomic E-state index is -2.66. The van der Waals surface area contributed by atoms with Gasteiger partial charge in [-0.15, -0.1) is 0 Å². The number of carboxylic acids is 4. The van der Waals surface area contributed by atoms with Crippen molar-refractivity contribution in [2.24, 2.45) is 5.92 Å². The van der Waals surface area contributed by atoms with Crippen LogP contribution >= 0.6 is 0 Å². The van der Waals surface area contributed by atoms with Gasteiger partial charge in [0.15, 0.2) is 11.5 Å². The van der Waals surface area contributed by atoms with E-state index < -0.39 is 70.4 Å². The van der Waals surface area contributed by atoms with Gasteiger partial charge < -0.3 is 35.7 Å². The molecular formula is C18H16O11. The number of carboxylic acid groups (broad SMARTS) is 4. The van der Waals surface area contributed by atoms with Crippen molar-refractivity contribution in [3.8, 4) is 11.5 Å². The van der Waals surface area contributed by atoms with Crippen LogP contribution in [0.2, 0.25) is 0 Å². The molecule has 11 nitrogen and oxygen atoms in total. The number of aliphatic carboxylic acids is 4. The molecule has 7 N–H and O–H groups in total. The predicted octanol–water partition coefficient (Wildman–Crippen LogP) is 0.124. The van der Waals surface area contributed by atoms with Crippen LogP contribution in [-0.2, 0) is 19.2 Å². The number of rotatable bonds is 6. The highest BCUT2D eigenvalue weighted by molar-refractivity contribution is 5.97. The largest absolute Gasteiger partial charge is 0.504 e.